The van der Waals surface area contributed by atoms with Crippen molar-refractivity contribution in [2.24, 2.45) is 10.4 Å². The summed E-state index contributed by atoms with van der Waals surface area (Å²) in [7, 11) is 1.80. The third kappa shape index (κ3) is 4.98. The fraction of sp³-hybridized carbons (Fsp3) is 0.708. The maximum Gasteiger partial charge on any atom is 0.194 e. The van der Waals surface area contributed by atoms with Crippen molar-refractivity contribution < 1.29 is 9.47 Å². The Labute approximate surface area is 181 Å². The monoisotopic (exact) mass is 414 g/mol. The average molecular weight is 415 g/mol. The molecule has 4 rings (SSSR count). The van der Waals surface area contributed by atoms with Crippen LogP contribution in [0.5, 0.6) is 0 Å². The Kier molecular flexibility index (Phi) is 7.28. The van der Waals surface area contributed by atoms with Crippen molar-refractivity contribution in [3.8, 4) is 0 Å². The normalized spacial score (nSPS) is 26.3. The Bertz CT molecular complexity index is 692. The van der Waals surface area contributed by atoms with Gasteiger partial charge in [0, 0.05) is 53.0 Å². The maximum absolute atomic E-state index is 6.18. The van der Waals surface area contributed by atoms with Gasteiger partial charge >= 0.3 is 0 Å². The molecule has 0 amide bonds. The van der Waals surface area contributed by atoms with E-state index in [-0.39, 0.29) is 6.10 Å². The Morgan fingerprint density at radius 2 is 2.10 bits per heavy atom. The fourth-order valence-electron chi connectivity index (χ4n) is 5.10. The van der Waals surface area contributed by atoms with Crippen molar-refractivity contribution in [2.45, 2.75) is 51.3 Å². The number of ether oxygens (including phenoxy) is 2. The summed E-state index contributed by atoms with van der Waals surface area (Å²) < 4.78 is 11.5. The van der Waals surface area contributed by atoms with Crippen LogP contribution in [0.1, 0.15) is 38.2 Å². The van der Waals surface area contributed by atoms with Crippen molar-refractivity contribution >= 4 is 5.96 Å². The van der Waals surface area contributed by atoms with Crippen LogP contribution >= 0.6 is 0 Å². The van der Waals surface area contributed by atoms with E-state index < -0.39 is 0 Å². The van der Waals surface area contributed by atoms with Gasteiger partial charge in [0.2, 0.25) is 0 Å². The zero-order valence-corrected chi connectivity index (χ0v) is 18.7. The van der Waals surface area contributed by atoms with Crippen LogP contribution in [0.3, 0.4) is 0 Å². The smallest absolute Gasteiger partial charge is 0.194 e. The van der Waals surface area contributed by atoms with Gasteiger partial charge in [0.15, 0.2) is 5.96 Å². The molecular weight excluding hydrogens is 376 g/mol. The molecule has 0 radical (unpaired) electrons. The third-order valence-electron chi connectivity index (χ3n) is 7.09. The van der Waals surface area contributed by atoms with Crippen LogP contribution in [0, 0.1) is 5.41 Å². The molecule has 166 valence electrons. The summed E-state index contributed by atoms with van der Waals surface area (Å²) in [4.78, 5) is 10.1. The number of likely N-dealkylation sites (tertiary alicyclic amines) is 1. The molecule has 1 aromatic rings. The number of aliphatic imine (C=N–C) groups is 1. The summed E-state index contributed by atoms with van der Waals surface area (Å²) in [6, 6.07) is 11.2. The standard InChI is InChI=1S/C24H38N4O2/c1-3-25-23(26-19-24(10-7-11-24)12-14-29-2)28-17-21-22(18-28)30-15-13-27(21)16-20-8-5-4-6-9-20/h4-6,8-9,21-22H,3,7,10-19H2,1-2H3,(H,25,26). The summed E-state index contributed by atoms with van der Waals surface area (Å²) in [5, 5.41) is 3.55. The highest BCUT2D eigenvalue weighted by molar-refractivity contribution is 5.80. The first-order valence-electron chi connectivity index (χ1n) is 11.6. The van der Waals surface area contributed by atoms with Crippen LogP contribution < -0.4 is 5.32 Å². The first kappa shape index (κ1) is 21.6. The predicted octanol–water partition coefficient (Wildman–Crippen LogP) is 2.74. The highest BCUT2D eigenvalue weighted by atomic mass is 16.5. The zero-order valence-electron chi connectivity index (χ0n) is 18.7. The number of morpholine rings is 1. The van der Waals surface area contributed by atoms with Crippen molar-refractivity contribution in [1.29, 1.82) is 0 Å². The van der Waals surface area contributed by atoms with Crippen molar-refractivity contribution in [3.63, 3.8) is 0 Å². The van der Waals surface area contributed by atoms with Gasteiger partial charge in [-0.2, -0.15) is 0 Å². The van der Waals surface area contributed by atoms with Crippen LogP contribution in [0.25, 0.3) is 0 Å². The van der Waals surface area contributed by atoms with Crippen LogP contribution in [-0.4, -0.2) is 81.0 Å². The highest BCUT2D eigenvalue weighted by Gasteiger charge is 2.42. The quantitative estimate of drug-likeness (QED) is 0.524. The van der Waals surface area contributed by atoms with E-state index >= 15 is 0 Å². The van der Waals surface area contributed by atoms with Crippen molar-refractivity contribution in [1.82, 2.24) is 15.1 Å². The molecule has 3 aliphatic rings. The average Bonchev–Trinajstić information content (AvgIpc) is 3.18. The van der Waals surface area contributed by atoms with Gasteiger partial charge in [-0.25, -0.2) is 0 Å². The molecule has 2 saturated heterocycles. The Morgan fingerprint density at radius 3 is 2.80 bits per heavy atom. The minimum Gasteiger partial charge on any atom is -0.385 e. The molecule has 2 heterocycles. The number of nitrogens with one attached hydrogen (secondary N) is 1. The van der Waals surface area contributed by atoms with Gasteiger partial charge in [-0.05, 0) is 37.2 Å². The van der Waals surface area contributed by atoms with Gasteiger partial charge in [-0.1, -0.05) is 36.8 Å². The van der Waals surface area contributed by atoms with Gasteiger partial charge in [0.1, 0.15) is 0 Å². The molecule has 2 atom stereocenters. The Hall–Kier alpha value is -1.63. The minimum absolute atomic E-state index is 0.262. The van der Waals surface area contributed by atoms with E-state index in [4.69, 9.17) is 14.5 Å². The van der Waals surface area contributed by atoms with Crippen LogP contribution in [-0.2, 0) is 16.0 Å². The van der Waals surface area contributed by atoms with Crippen molar-refractivity contribution in [2.75, 3.05) is 53.0 Å². The molecule has 1 saturated carbocycles. The molecule has 0 bridgehead atoms. The van der Waals surface area contributed by atoms with Crippen molar-refractivity contribution in [3.05, 3.63) is 35.9 Å². The van der Waals surface area contributed by atoms with E-state index in [1.54, 1.807) is 7.11 Å². The number of nitrogens with zero attached hydrogens (tertiary/aromatic N) is 3. The third-order valence-corrected chi connectivity index (χ3v) is 7.09. The topological polar surface area (TPSA) is 49.3 Å². The lowest BCUT2D eigenvalue weighted by molar-refractivity contribution is -0.0502. The summed E-state index contributed by atoms with van der Waals surface area (Å²) in [6.45, 7) is 9.49. The summed E-state index contributed by atoms with van der Waals surface area (Å²) in [6.07, 6.45) is 5.26. The SMILES string of the molecule is CCNC(=NCC1(CCOC)CCC1)N1CC2OCCN(Cc3ccccc3)C2C1. The van der Waals surface area contributed by atoms with Gasteiger partial charge in [-0.15, -0.1) is 0 Å². The second kappa shape index (κ2) is 10.1. The summed E-state index contributed by atoms with van der Waals surface area (Å²) >= 11 is 0. The van der Waals surface area contributed by atoms with E-state index in [1.165, 1.54) is 24.8 Å². The molecule has 6 nitrogen and oxygen atoms in total. The maximum atomic E-state index is 6.18. The van der Waals surface area contributed by atoms with E-state index in [1.807, 2.05) is 0 Å². The lowest BCUT2D eigenvalue weighted by Crippen LogP contribution is -2.50. The number of hydrogen-bond acceptors (Lipinski definition) is 4. The molecule has 30 heavy (non-hydrogen) atoms. The molecule has 0 spiro atoms. The van der Waals surface area contributed by atoms with Gasteiger partial charge in [-0.3, -0.25) is 9.89 Å². The second-order valence-electron chi connectivity index (χ2n) is 9.10. The molecule has 2 aliphatic heterocycles. The van der Waals surface area contributed by atoms with E-state index in [0.717, 1.165) is 64.9 Å². The number of fused-ring (bicyclic) bond motifs is 1. The van der Waals surface area contributed by atoms with E-state index in [9.17, 15) is 0 Å². The van der Waals surface area contributed by atoms with Crippen LogP contribution in [0.4, 0.5) is 0 Å². The molecule has 1 aliphatic carbocycles. The Balaban J connectivity index is 1.42. The molecule has 2 unspecified atom stereocenters. The second-order valence-corrected chi connectivity index (χ2v) is 9.10. The fourth-order valence-corrected chi connectivity index (χ4v) is 5.10. The zero-order chi connectivity index (χ0) is 20.8. The largest absolute Gasteiger partial charge is 0.385 e. The summed E-state index contributed by atoms with van der Waals surface area (Å²) in [5.41, 5.74) is 1.72. The van der Waals surface area contributed by atoms with E-state index in [2.05, 4.69) is 52.4 Å². The summed E-state index contributed by atoms with van der Waals surface area (Å²) in [5.74, 6) is 1.05. The van der Waals surface area contributed by atoms with Crippen LogP contribution in [0.2, 0.25) is 0 Å². The minimum atomic E-state index is 0.262. The molecule has 1 N–H and O–H groups in total. The molecule has 3 fully saturated rings. The molecular formula is C24H38N4O2. The highest BCUT2D eigenvalue weighted by Crippen LogP contribution is 2.44. The molecule has 6 heteroatoms. The number of hydrogen-bond donors (Lipinski definition) is 1. The van der Waals surface area contributed by atoms with Crippen LogP contribution in [0.15, 0.2) is 35.3 Å². The van der Waals surface area contributed by atoms with E-state index in [0.29, 0.717) is 11.5 Å². The van der Waals surface area contributed by atoms with Gasteiger partial charge < -0.3 is 19.7 Å². The lowest BCUT2D eigenvalue weighted by atomic mass is 9.67. The molecule has 0 aromatic heterocycles. The first-order valence-corrected chi connectivity index (χ1v) is 11.6. The number of benzene rings is 1. The lowest BCUT2D eigenvalue weighted by Gasteiger charge is -2.41. The number of rotatable bonds is 8. The first-order chi connectivity index (χ1) is 14.7. The number of guanidine groups is 1. The molecule has 1 aromatic carbocycles. The number of methoxy groups -OCH3 is 1. The predicted molar refractivity (Wildman–Crippen MR) is 121 cm³/mol. The van der Waals surface area contributed by atoms with Gasteiger partial charge in [0.05, 0.1) is 18.8 Å². The Morgan fingerprint density at radius 1 is 1.27 bits per heavy atom. The van der Waals surface area contributed by atoms with Gasteiger partial charge in [0.25, 0.3) is 0 Å².